The highest BCUT2D eigenvalue weighted by Gasteiger charge is 2.64. The smallest absolute Gasteiger partial charge is 0.431 e. The highest BCUT2D eigenvalue weighted by Crippen LogP contribution is 2.43. The maximum Gasteiger partial charge on any atom is 0.431 e. The molecule has 3 unspecified atom stereocenters. The molecular formula is C17H26F4O5S. The average Bonchev–Trinajstić information content (AvgIpc) is 2.59. The molecular weight excluding hydrogens is 392 g/mol. The van der Waals surface area contributed by atoms with Crippen LogP contribution in [0.1, 0.15) is 64.2 Å². The van der Waals surface area contributed by atoms with Crippen molar-refractivity contribution in [3.8, 4) is 0 Å². The number of alkyl halides is 4. The van der Waals surface area contributed by atoms with E-state index in [1.165, 1.54) is 19.3 Å². The minimum Gasteiger partial charge on any atom is -0.465 e. The third-order valence-electron chi connectivity index (χ3n) is 5.75. The third kappa shape index (κ3) is 5.34. The van der Waals surface area contributed by atoms with Crippen LogP contribution in [0.2, 0.25) is 0 Å². The Morgan fingerprint density at radius 1 is 1.00 bits per heavy atom. The van der Waals surface area contributed by atoms with Crippen LogP contribution in [-0.2, 0) is 19.6 Å². The fraction of sp³-hybridized carbons (Fsp3) is 0.941. The number of carbonyl (C=O) groups is 1. The predicted octanol–water partition coefficient (Wildman–Crippen LogP) is 4.42. The van der Waals surface area contributed by atoms with Crippen molar-refractivity contribution in [1.29, 1.82) is 0 Å². The van der Waals surface area contributed by atoms with Gasteiger partial charge >= 0.3 is 27.3 Å². The van der Waals surface area contributed by atoms with E-state index in [1.54, 1.807) is 0 Å². The second-order valence-electron chi connectivity index (χ2n) is 7.64. The molecule has 2 aliphatic rings. The number of hydrogen-bond acceptors (Lipinski definition) is 4. The van der Waals surface area contributed by atoms with Gasteiger partial charge in [0.25, 0.3) is 0 Å². The number of rotatable bonds is 8. The number of esters is 1. The molecule has 0 spiro atoms. The van der Waals surface area contributed by atoms with E-state index >= 15 is 0 Å². The van der Waals surface area contributed by atoms with Gasteiger partial charge in [0.1, 0.15) is 0 Å². The zero-order valence-corrected chi connectivity index (χ0v) is 15.8. The van der Waals surface area contributed by atoms with E-state index < -0.39 is 34.1 Å². The van der Waals surface area contributed by atoms with Crippen LogP contribution >= 0.6 is 0 Å². The number of halogens is 4. The molecule has 0 aliphatic heterocycles. The summed E-state index contributed by atoms with van der Waals surface area (Å²) in [7, 11) is -6.21. The van der Waals surface area contributed by atoms with Crippen molar-refractivity contribution in [3.05, 3.63) is 0 Å². The van der Waals surface area contributed by atoms with Crippen molar-refractivity contribution < 1.29 is 40.1 Å². The van der Waals surface area contributed by atoms with Crippen LogP contribution < -0.4 is 0 Å². The summed E-state index contributed by atoms with van der Waals surface area (Å²) in [6.45, 7) is -0.184. The quantitative estimate of drug-likeness (QED) is 0.273. The molecule has 3 atom stereocenters. The fourth-order valence-electron chi connectivity index (χ4n) is 4.16. The van der Waals surface area contributed by atoms with Crippen LogP contribution in [0.25, 0.3) is 0 Å². The van der Waals surface area contributed by atoms with Gasteiger partial charge in [-0.05, 0) is 43.9 Å². The largest absolute Gasteiger partial charge is 0.465 e. The maximum absolute atomic E-state index is 13.3. The third-order valence-corrected chi connectivity index (χ3v) is 6.70. The van der Waals surface area contributed by atoms with Gasteiger partial charge in [0.15, 0.2) is 0 Å². The monoisotopic (exact) mass is 418 g/mol. The summed E-state index contributed by atoms with van der Waals surface area (Å²) in [5, 5.41) is -5.55. The van der Waals surface area contributed by atoms with Gasteiger partial charge in [-0.25, -0.2) is 0 Å². The van der Waals surface area contributed by atoms with E-state index in [-0.39, 0.29) is 24.9 Å². The van der Waals surface area contributed by atoms with Crippen molar-refractivity contribution in [1.82, 2.24) is 0 Å². The predicted molar refractivity (Wildman–Crippen MR) is 89.0 cm³/mol. The lowest BCUT2D eigenvalue weighted by Gasteiger charge is -2.38. The molecule has 0 heterocycles. The lowest BCUT2D eigenvalue weighted by molar-refractivity contribution is -0.165. The zero-order chi connectivity index (χ0) is 20.3. The summed E-state index contributed by atoms with van der Waals surface area (Å²) in [5.74, 6) is -4.27. The Kier molecular flexibility index (Phi) is 7.16. The first-order valence-corrected chi connectivity index (χ1v) is 10.8. The van der Waals surface area contributed by atoms with Crippen LogP contribution in [0.3, 0.4) is 0 Å². The molecule has 10 heteroatoms. The molecule has 0 bridgehead atoms. The second-order valence-corrected chi connectivity index (χ2v) is 9.10. The standard InChI is InChI=1S/C17H26F4O5S/c18-16(19,17(20,21)27(23,24)25)9-3-4-10-26-15(22)14-8-7-12-5-1-2-6-13(12)11-14/h12-14H,1-11H2,(H,23,24,25). The molecule has 1 N–H and O–H groups in total. The van der Waals surface area contributed by atoms with Crippen molar-refractivity contribution in [2.75, 3.05) is 6.61 Å². The van der Waals surface area contributed by atoms with Gasteiger partial charge in [0.05, 0.1) is 12.5 Å². The van der Waals surface area contributed by atoms with Crippen LogP contribution in [-0.4, -0.2) is 36.7 Å². The van der Waals surface area contributed by atoms with Crippen LogP contribution in [0.15, 0.2) is 0 Å². The fourth-order valence-corrected chi connectivity index (χ4v) is 4.64. The summed E-state index contributed by atoms with van der Waals surface area (Å²) in [6, 6.07) is 0. The van der Waals surface area contributed by atoms with Crippen molar-refractivity contribution in [2.45, 2.75) is 75.4 Å². The van der Waals surface area contributed by atoms with Crippen molar-refractivity contribution >= 4 is 16.1 Å². The summed E-state index contributed by atoms with van der Waals surface area (Å²) < 4.78 is 86.9. The van der Waals surface area contributed by atoms with Gasteiger partial charge in [-0.15, -0.1) is 0 Å². The van der Waals surface area contributed by atoms with Gasteiger partial charge in [-0.2, -0.15) is 26.0 Å². The topological polar surface area (TPSA) is 80.7 Å². The second kappa shape index (κ2) is 8.63. The number of fused-ring (bicyclic) bond motifs is 1. The van der Waals surface area contributed by atoms with Gasteiger partial charge < -0.3 is 4.74 Å². The highest BCUT2D eigenvalue weighted by atomic mass is 32.2. The van der Waals surface area contributed by atoms with Crippen LogP contribution in [0, 0.1) is 17.8 Å². The Morgan fingerprint density at radius 2 is 1.63 bits per heavy atom. The van der Waals surface area contributed by atoms with E-state index in [4.69, 9.17) is 9.29 Å². The van der Waals surface area contributed by atoms with Crippen LogP contribution in [0.4, 0.5) is 17.6 Å². The van der Waals surface area contributed by atoms with Gasteiger partial charge in [0, 0.05) is 6.42 Å². The molecule has 5 nitrogen and oxygen atoms in total. The number of ether oxygens (including phenoxy) is 1. The van der Waals surface area contributed by atoms with E-state index in [1.807, 2.05) is 0 Å². The molecule has 0 saturated heterocycles. The molecule has 2 aliphatic carbocycles. The maximum atomic E-state index is 13.3. The Balaban J connectivity index is 1.70. The molecule has 0 amide bonds. The Bertz CT molecular complexity index is 623. The molecule has 27 heavy (non-hydrogen) atoms. The van der Waals surface area contributed by atoms with E-state index in [0.717, 1.165) is 25.7 Å². The summed E-state index contributed by atoms with van der Waals surface area (Å²) in [4.78, 5) is 12.1. The van der Waals surface area contributed by atoms with E-state index in [0.29, 0.717) is 11.8 Å². The Morgan fingerprint density at radius 3 is 2.26 bits per heavy atom. The Labute approximate surface area is 156 Å². The molecule has 0 aromatic carbocycles. The average molecular weight is 418 g/mol. The van der Waals surface area contributed by atoms with Gasteiger partial charge in [0.2, 0.25) is 0 Å². The van der Waals surface area contributed by atoms with Crippen molar-refractivity contribution in [2.24, 2.45) is 17.8 Å². The number of carbonyl (C=O) groups excluding carboxylic acids is 1. The molecule has 0 aromatic rings. The minimum absolute atomic E-state index is 0.0956. The molecule has 2 saturated carbocycles. The van der Waals surface area contributed by atoms with Gasteiger partial charge in [-0.1, -0.05) is 25.7 Å². The normalized spacial score (nSPS) is 27.1. The zero-order valence-electron chi connectivity index (χ0n) is 15.0. The first-order valence-electron chi connectivity index (χ1n) is 9.35. The summed E-state index contributed by atoms with van der Waals surface area (Å²) >= 11 is 0. The number of unbranched alkanes of at least 4 members (excludes halogenated alkanes) is 1. The highest BCUT2D eigenvalue weighted by molar-refractivity contribution is 7.87. The van der Waals surface area contributed by atoms with E-state index in [2.05, 4.69) is 0 Å². The summed E-state index contributed by atoms with van der Waals surface area (Å²) in [5.41, 5.74) is 0. The molecule has 158 valence electrons. The molecule has 2 fully saturated rings. The summed E-state index contributed by atoms with van der Waals surface area (Å²) in [6.07, 6.45) is 5.23. The minimum atomic E-state index is -6.21. The first-order chi connectivity index (χ1) is 12.5. The lowest BCUT2D eigenvalue weighted by Crippen LogP contribution is -2.46. The Hall–Kier alpha value is -0.900. The van der Waals surface area contributed by atoms with Crippen molar-refractivity contribution in [3.63, 3.8) is 0 Å². The van der Waals surface area contributed by atoms with Gasteiger partial charge in [-0.3, -0.25) is 9.35 Å². The number of hydrogen-bond donors (Lipinski definition) is 1. The lowest BCUT2D eigenvalue weighted by atomic mass is 9.67. The first kappa shape index (κ1) is 22.4. The van der Waals surface area contributed by atoms with Crippen LogP contribution in [0.5, 0.6) is 0 Å². The molecule has 2 rings (SSSR count). The molecule has 0 radical (unpaired) electrons. The van der Waals surface area contributed by atoms with E-state index in [9.17, 15) is 30.8 Å². The SMILES string of the molecule is O=C(OCCCCC(F)(F)C(F)(F)S(=O)(=O)O)C1CCC2CCCCC2C1. The molecule has 0 aromatic heterocycles.